The lowest BCUT2D eigenvalue weighted by Crippen LogP contribution is -2.27. The molecule has 0 aliphatic carbocycles. The summed E-state index contributed by atoms with van der Waals surface area (Å²) < 4.78 is 5.34. The van der Waals surface area contributed by atoms with Gasteiger partial charge in [0.15, 0.2) is 5.82 Å². The molecule has 1 amide bonds. The first-order valence-corrected chi connectivity index (χ1v) is 10.0. The zero-order valence-corrected chi connectivity index (χ0v) is 17.5. The number of rotatable bonds is 7. The van der Waals surface area contributed by atoms with Gasteiger partial charge in [0.05, 0.1) is 18.4 Å². The van der Waals surface area contributed by atoms with Crippen molar-refractivity contribution in [2.24, 2.45) is 0 Å². The lowest BCUT2D eigenvalue weighted by Gasteiger charge is -2.16. The number of nitrogens with zero attached hydrogens (tertiary/aromatic N) is 3. The molecule has 6 nitrogen and oxygen atoms in total. The van der Waals surface area contributed by atoms with Crippen LogP contribution in [-0.4, -0.2) is 45.9 Å². The summed E-state index contributed by atoms with van der Waals surface area (Å²) in [4.78, 5) is 18.6. The van der Waals surface area contributed by atoms with Crippen molar-refractivity contribution in [1.82, 2.24) is 20.1 Å². The minimum Gasteiger partial charge on any atom is -0.496 e. The summed E-state index contributed by atoms with van der Waals surface area (Å²) in [6, 6.07) is 13.4. The zero-order valence-electron chi connectivity index (χ0n) is 15.9. The summed E-state index contributed by atoms with van der Waals surface area (Å²) in [6.07, 6.45) is 0. The van der Waals surface area contributed by atoms with Gasteiger partial charge in [-0.15, -0.1) is 5.10 Å². The number of ether oxygens (including phenoxy) is 1. The van der Waals surface area contributed by atoms with Crippen LogP contribution in [0.2, 0.25) is 5.02 Å². The van der Waals surface area contributed by atoms with Gasteiger partial charge >= 0.3 is 0 Å². The maximum absolute atomic E-state index is 12.4. The molecule has 1 heterocycles. The Hall–Kier alpha value is -2.51. The second kappa shape index (κ2) is 9.12. The number of carbonyl (C=O) groups is 1. The number of halogens is 1. The molecule has 2 aromatic carbocycles. The first-order chi connectivity index (χ1) is 13.5. The van der Waals surface area contributed by atoms with E-state index in [9.17, 15) is 4.79 Å². The van der Waals surface area contributed by atoms with Crippen molar-refractivity contribution in [2.75, 3.05) is 19.9 Å². The Balaban J connectivity index is 1.60. The van der Waals surface area contributed by atoms with Gasteiger partial charge < -0.3 is 9.64 Å². The largest absolute Gasteiger partial charge is 0.496 e. The Bertz CT molecular complexity index is 959. The highest BCUT2D eigenvalue weighted by Gasteiger charge is 2.15. The molecule has 1 aromatic heterocycles. The van der Waals surface area contributed by atoms with Crippen LogP contribution in [0.15, 0.2) is 47.6 Å². The van der Waals surface area contributed by atoms with Crippen LogP contribution < -0.4 is 4.74 Å². The predicted octanol–water partition coefficient (Wildman–Crippen LogP) is 4.19. The number of H-pyrrole nitrogens is 1. The van der Waals surface area contributed by atoms with Gasteiger partial charge in [-0.05, 0) is 30.7 Å². The number of methoxy groups -OCH3 is 1. The van der Waals surface area contributed by atoms with E-state index in [2.05, 4.69) is 15.2 Å². The lowest BCUT2D eigenvalue weighted by atomic mass is 10.1. The highest BCUT2D eigenvalue weighted by Crippen LogP contribution is 2.31. The van der Waals surface area contributed by atoms with Crippen LogP contribution in [0.4, 0.5) is 0 Å². The van der Waals surface area contributed by atoms with Gasteiger partial charge in [0.1, 0.15) is 5.75 Å². The van der Waals surface area contributed by atoms with E-state index in [1.165, 1.54) is 17.3 Å². The number of aryl methyl sites for hydroxylation is 1. The van der Waals surface area contributed by atoms with Crippen LogP contribution >= 0.6 is 23.4 Å². The fourth-order valence-corrected chi connectivity index (χ4v) is 3.50. The second-order valence-electron chi connectivity index (χ2n) is 6.34. The van der Waals surface area contributed by atoms with Crippen molar-refractivity contribution in [2.45, 2.75) is 18.6 Å². The summed E-state index contributed by atoms with van der Waals surface area (Å²) >= 11 is 7.35. The van der Waals surface area contributed by atoms with Crippen molar-refractivity contribution in [3.63, 3.8) is 0 Å². The van der Waals surface area contributed by atoms with Crippen LogP contribution in [0.5, 0.6) is 5.75 Å². The molecule has 1 N–H and O–H groups in total. The SMILES string of the molecule is COc1ccc(Cl)cc1-c1nc(SCC(=O)N(C)Cc2ccc(C)cc2)n[nH]1. The molecule has 3 rings (SSSR count). The summed E-state index contributed by atoms with van der Waals surface area (Å²) in [5.41, 5.74) is 3.02. The number of hydrogen-bond acceptors (Lipinski definition) is 5. The summed E-state index contributed by atoms with van der Waals surface area (Å²) in [6.45, 7) is 2.61. The molecule has 28 heavy (non-hydrogen) atoms. The average Bonchev–Trinajstić information content (AvgIpc) is 3.16. The van der Waals surface area contributed by atoms with E-state index in [1.54, 1.807) is 37.3 Å². The van der Waals surface area contributed by atoms with Crippen molar-refractivity contribution in [3.05, 3.63) is 58.6 Å². The summed E-state index contributed by atoms with van der Waals surface area (Å²) in [5, 5.41) is 8.13. The molecule has 0 spiro atoms. The van der Waals surface area contributed by atoms with Crippen molar-refractivity contribution < 1.29 is 9.53 Å². The minimum atomic E-state index is 0.0114. The summed E-state index contributed by atoms with van der Waals surface area (Å²) in [5.74, 6) is 1.46. The molecular weight excluding hydrogens is 396 g/mol. The van der Waals surface area contributed by atoms with E-state index < -0.39 is 0 Å². The van der Waals surface area contributed by atoms with Gasteiger partial charge in [-0.25, -0.2) is 4.98 Å². The average molecular weight is 417 g/mol. The third-order valence-electron chi connectivity index (χ3n) is 4.17. The molecule has 0 unspecified atom stereocenters. The van der Waals surface area contributed by atoms with E-state index in [4.69, 9.17) is 16.3 Å². The fourth-order valence-electron chi connectivity index (χ4n) is 2.59. The Morgan fingerprint density at radius 3 is 2.71 bits per heavy atom. The van der Waals surface area contributed by atoms with E-state index in [-0.39, 0.29) is 11.7 Å². The molecule has 3 aromatic rings. The molecular formula is C20H21ClN4O2S. The first kappa shape index (κ1) is 20.2. The third-order valence-corrected chi connectivity index (χ3v) is 5.24. The number of carbonyl (C=O) groups excluding carboxylic acids is 1. The zero-order chi connectivity index (χ0) is 20.1. The highest BCUT2D eigenvalue weighted by atomic mass is 35.5. The molecule has 146 valence electrons. The van der Waals surface area contributed by atoms with E-state index >= 15 is 0 Å². The highest BCUT2D eigenvalue weighted by molar-refractivity contribution is 7.99. The lowest BCUT2D eigenvalue weighted by molar-refractivity contribution is -0.127. The number of aromatic amines is 1. The van der Waals surface area contributed by atoms with Gasteiger partial charge in [-0.2, -0.15) is 0 Å². The third kappa shape index (κ3) is 5.05. The van der Waals surface area contributed by atoms with E-state index in [0.29, 0.717) is 28.3 Å². The number of amides is 1. The minimum absolute atomic E-state index is 0.0114. The van der Waals surface area contributed by atoms with Crippen LogP contribution in [0, 0.1) is 6.92 Å². The van der Waals surface area contributed by atoms with Crippen LogP contribution in [0.25, 0.3) is 11.4 Å². The van der Waals surface area contributed by atoms with Gasteiger partial charge in [0.2, 0.25) is 11.1 Å². The van der Waals surface area contributed by atoms with Crippen molar-refractivity contribution in [1.29, 1.82) is 0 Å². The molecule has 0 radical (unpaired) electrons. The maximum atomic E-state index is 12.4. The van der Waals surface area contributed by atoms with Crippen LogP contribution in [-0.2, 0) is 11.3 Å². The molecule has 8 heteroatoms. The Kier molecular flexibility index (Phi) is 6.59. The Morgan fingerprint density at radius 1 is 1.25 bits per heavy atom. The molecule has 0 fully saturated rings. The standard InChI is InChI=1S/C20H21ClN4O2S/c1-13-4-6-14(7-5-13)11-25(2)18(26)12-28-20-22-19(23-24-20)16-10-15(21)8-9-17(16)27-3/h4-10H,11-12H2,1-3H3,(H,22,23,24). The molecule has 0 saturated carbocycles. The monoisotopic (exact) mass is 416 g/mol. The quantitative estimate of drug-likeness (QED) is 0.584. The van der Waals surface area contributed by atoms with Crippen LogP contribution in [0.1, 0.15) is 11.1 Å². The van der Waals surface area contributed by atoms with Crippen molar-refractivity contribution in [3.8, 4) is 17.1 Å². The number of hydrogen-bond donors (Lipinski definition) is 1. The topological polar surface area (TPSA) is 71.1 Å². The van der Waals surface area contributed by atoms with E-state index in [1.807, 2.05) is 31.2 Å². The Labute approximate surface area is 173 Å². The van der Waals surface area contributed by atoms with Gasteiger partial charge in [0, 0.05) is 18.6 Å². The van der Waals surface area contributed by atoms with Gasteiger partial charge in [-0.3, -0.25) is 9.89 Å². The fraction of sp³-hybridized carbons (Fsp3) is 0.250. The number of benzene rings is 2. The first-order valence-electron chi connectivity index (χ1n) is 8.65. The predicted molar refractivity (Wildman–Crippen MR) is 112 cm³/mol. The number of aromatic nitrogens is 3. The molecule has 0 aliphatic rings. The van der Waals surface area contributed by atoms with Crippen molar-refractivity contribution >= 4 is 29.3 Å². The molecule has 0 aliphatic heterocycles. The van der Waals surface area contributed by atoms with E-state index in [0.717, 1.165) is 11.1 Å². The van der Waals surface area contributed by atoms with Gasteiger partial charge in [0.25, 0.3) is 0 Å². The van der Waals surface area contributed by atoms with Crippen LogP contribution in [0.3, 0.4) is 0 Å². The van der Waals surface area contributed by atoms with Gasteiger partial charge in [-0.1, -0.05) is 53.2 Å². The number of thioether (sulfide) groups is 1. The second-order valence-corrected chi connectivity index (χ2v) is 7.71. The molecule has 0 atom stereocenters. The maximum Gasteiger partial charge on any atom is 0.233 e. The smallest absolute Gasteiger partial charge is 0.233 e. The Morgan fingerprint density at radius 2 is 2.00 bits per heavy atom. The summed E-state index contributed by atoms with van der Waals surface area (Å²) in [7, 11) is 3.38. The molecule has 0 saturated heterocycles. The number of nitrogens with one attached hydrogen (secondary N) is 1. The normalized spacial score (nSPS) is 10.7. The molecule has 0 bridgehead atoms.